The standard InChI is InChI=1S/C22H25N5O2/c1-14-8-9-25-17(10-14)13-28-18-4-2-15(3-5-18)11-16-12-20(29-27-16)19-6-7-21(23)26-22(19)24/h2-6,8-10,20-21H,7,11-13,23H2,1H3,(H2,24,26). The van der Waals surface area contributed by atoms with Gasteiger partial charge >= 0.3 is 0 Å². The Morgan fingerprint density at radius 2 is 2.03 bits per heavy atom. The van der Waals surface area contributed by atoms with Crippen molar-refractivity contribution >= 4 is 11.5 Å². The van der Waals surface area contributed by atoms with Crippen LogP contribution < -0.4 is 16.2 Å². The number of aromatic nitrogens is 1. The number of amidine groups is 1. The van der Waals surface area contributed by atoms with Gasteiger partial charge in [-0.2, -0.15) is 0 Å². The van der Waals surface area contributed by atoms with Crippen molar-refractivity contribution in [3.63, 3.8) is 0 Å². The van der Waals surface area contributed by atoms with Crippen molar-refractivity contribution in [2.75, 3.05) is 0 Å². The van der Waals surface area contributed by atoms with Gasteiger partial charge in [-0.25, -0.2) is 4.99 Å². The van der Waals surface area contributed by atoms with E-state index in [2.05, 4.69) is 15.1 Å². The first-order valence-corrected chi connectivity index (χ1v) is 9.71. The fraction of sp³-hybridized carbons (Fsp3) is 0.318. The van der Waals surface area contributed by atoms with Crippen LogP contribution in [0.3, 0.4) is 0 Å². The van der Waals surface area contributed by atoms with Crippen molar-refractivity contribution in [1.29, 1.82) is 0 Å². The van der Waals surface area contributed by atoms with Crippen LogP contribution in [0.4, 0.5) is 0 Å². The molecule has 3 heterocycles. The van der Waals surface area contributed by atoms with Crippen molar-refractivity contribution in [2.45, 2.75) is 45.1 Å². The summed E-state index contributed by atoms with van der Waals surface area (Å²) in [6, 6.07) is 12.0. The first kappa shape index (κ1) is 19.1. The molecule has 2 unspecified atom stereocenters. The van der Waals surface area contributed by atoms with Crippen LogP contribution in [0, 0.1) is 6.92 Å². The number of aliphatic imine (C=N–C) groups is 1. The lowest BCUT2D eigenvalue weighted by Crippen LogP contribution is -2.32. The predicted octanol–water partition coefficient (Wildman–Crippen LogP) is 2.63. The number of aryl methyl sites for hydroxylation is 1. The first-order valence-electron chi connectivity index (χ1n) is 9.71. The molecule has 150 valence electrons. The lowest BCUT2D eigenvalue weighted by molar-refractivity contribution is 0.115. The van der Waals surface area contributed by atoms with E-state index in [1.54, 1.807) is 6.20 Å². The minimum Gasteiger partial charge on any atom is -0.487 e. The van der Waals surface area contributed by atoms with Crippen molar-refractivity contribution < 1.29 is 9.57 Å². The summed E-state index contributed by atoms with van der Waals surface area (Å²) in [7, 11) is 0. The predicted molar refractivity (Wildman–Crippen MR) is 113 cm³/mol. The molecule has 0 spiro atoms. The highest BCUT2D eigenvalue weighted by Crippen LogP contribution is 2.24. The van der Waals surface area contributed by atoms with Crippen LogP contribution in [0.2, 0.25) is 0 Å². The van der Waals surface area contributed by atoms with Crippen LogP contribution >= 0.6 is 0 Å². The van der Waals surface area contributed by atoms with Crippen LogP contribution in [0.5, 0.6) is 5.75 Å². The van der Waals surface area contributed by atoms with Crippen LogP contribution in [-0.2, 0) is 17.9 Å². The molecule has 0 fully saturated rings. The van der Waals surface area contributed by atoms with Gasteiger partial charge in [0, 0.05) is 31.0 Å². The largest absolute Gasteiger partial charge is 0.487 e. The smallest absolute Gasteiger partial charge is 0.161 e. The van der Waals surface area contributed by atoms with E-state index in [0.29, 0.717) is 25.3 Å². The summed E-state index contributed by atoms with van der Waals surface area (Å²) < 4.78 is 5.83. The normalized spacial score (nSPS) is 21.1. The average molecular weight is 391 g/mol. The van der Waals surface area contributed by atoms with Crippen LogP contribution in [0.15, 0.2) is 64.4 Å². The Labute approximate surface area is 170 Å². The van der Waals surface area contributed by atoms with Crippen molar-refractivity contribution in [2.24, 2.45) is 21.6 Å². The molecule has 4 rings (SSSR count). The molecular weight excluding hydrogens is 366 g/mol. The summed E-state index contributed by atoms with van der Waals surface area (Å²) in [4.78, 5) is 14.1. The first-order chi connectivity index (χ1) is 14.1. The Kier molecular flexibility index (Phi) is 5.57. The Bertz CT molecular complexity index is 965. The lowest BCUT2D eigenvalue weighted by Gasteiger charge is -2.19. The van der Waals surface area contributed by atoms with Gasteiger partial charge in [-0.05, 0) is 42.3 Å². The van der Waals surface area contributed by atoms with Gasteiger partial charge in [0.05, 0.1) is 11.4 Å². The number of ether oxygens (including phenoxy) is 1. The highest BCUT2D eigenvalue weighted by molar-refractivity contribution is 6.00. The van der Waals surface area contributed by atoms with Crippen molar-refractivity contribution in [1.82, 2.24) is 4.98 Å². The molecule has 0 radical (unpaired) electrons. The second-order valence-corrected chi connectivity index (χ2v) is 7.37. The topological polar surface area (TPSA) is 108 Å². The van der Waals surface area contributed by atoms with Gasteiger partial charge in [0.25, 0.3) is 0 Å². The maximum Gasteiger partial charge on any atom is 0.161 e. The Balaban J connectivity index is 1.30. The van der Waals surface area contributed by atoms with E-state index in [9.17, 15) is 0 Å². The van der Waals surface area contributed by atoms with Crippen molar-refractivity contribution in [3.05, 3.63) is 71.1 Å². The third kappa shape index (κ3) is 4.81. The molecule has 2 aromatic rings. The number of nitrogens with zero attached hydrogens (tertiary/aromatic N) is 3. The quantitative estimate of drug-likeness (QED) is 0.787. The molecule has 7 nitrogen and oxygen atoms in total. The molecule has 1 aromatic carbocycles. The Morgan fingerprint density at radius 3 is 2.79 bits per heavy atom. The number of pyridine rings is 1. The van der Waals surface area contributed by atoms with Crippen LogP contribution in [0.1, 0.15) is 29.7 Å². The molecule has 0 amide bonds. The van der Waals surface area contributed by atoms with Gasteiger partial charge in [-0.3, -0.25) is 4.98 Å². The van der Waals surface area contributed by atoms with E-state index in [0.717, 1.165) is 34.7 Å². The number of oxime groups is 1. The third-order valence-corrected chi connectivity index (χ3v) is 4.95. The molecule has 2 aliphatic heterocycles. The van der Waals surface area contributed by atoms with E-state index in [4.69, 9.17) is 21.0 Å². The second kappa shape index (κ2) is 8.45. The van der Waals surface area contributed by atoms with Crippen LogP contribution in [0.25, 0.3) is 0 Å². The molecule has 0 bridgehead atoms. The molecule has 4 N–H and O–H groups in total. The third-order valence-electron chi connectivity index (χ3n) is 4.95. The van der Waals surface area contributed by atoms with Gasteiger partial charge < -0.3 is 21.0 Å². The monoisotopic (exact) mass is 391 g/mol. The maximum absolute atomic E-state index is 6.00. The zero-order valence-corrected chi connectivity index (χ0v) is 16.4. The fourth-order valence-corrected chi connectivity index (χ4v) is 3.43. The molecule has 2 aliphatic rings. The summed E-state index contributed by atoms with van der Waals surface area (Å²) in [5.74, 6) is 1.27. The SMILES string of the molecule is Cc1ccnc(COc2ccc(CC3=NOC(C4=CCC(N)N=C4N)C3)cc2)c1. The minimum atomic E-state index is -0.261. The zero-order valence-electron chi connectivity index (χ0n) is 16.4. The molecule has 1 aromatic heterocycles. The van der Waals surface area contributed by atoms with E-state index >= 15 is 0 Å². The van der Waals surface area contributed by atoms with E-state index in [1.807, 2.05) is 49.4 Å². The number of dihydropyridines is 1. The van der Waals surface area contributed by atoms with Gasteiger partial charge in [0.2, 0.25) is 0 Å². The summed E-state index contributed by atoms with van der Waals surface area (Å²) in [5.41, 5.74) is 16.9. The number of nitrogens with two attached hydrogens (primary N) is 2. The highest BCUT2D eigenvalue weighted by atomic mass is 16.6. The number of hydrogen-bond acceptors (Lipinski definition) is 7. The second-order valence-electron chi connectivity index (χ2n) is 7.37. The molecular formula is C22H25N5O2. The van der Waals surface area contributed by atoms with E-state index < -0.39 is 0 Å². The van der Waals surface area contributed by atoms with Crippen molar-refractivity contribution in [3.8, 4) is 5.75 Å². The van der Waals surface area contributed by atoms with Gasteiger partial charge in [-0.1, -0.05) is 23.4 Å². The Morgan fingerprint density at radius 1 is 1.21 bits per heavy atom. The number of rotatable bonds is 6. The summed E-state index contributed by atoms with van der Waals surface area (Å²) in [6.07, 6.45) is 5.46. The molecule has 7 heteroatoms. The maximum atomic E-state index is 6.00. The molecule has 2 atom stereocenters. The zero-order chi connectivity index (χ0) is 20.2. The molecule has 0 saturated heterocycles. The number of hydrogen-bond donors (Lipinski definition) is 2. The molecule has 29 heavy (non-hydrogen) atoms. The molecule has 0 aliphatic carbocycles. The molecule has 0 saturated carbocycles. The van der Waals surface area contributed by atoms with E-state index in [1.165, 1.54) is 5.56 Å². The average Bonchev–Trinajstić information content (AvgIpc) is 3.16. The number of benzene rings is 1. The summed E-state index contributed by atoms with van der Waals surface area (Å²) in [6.45, 7) is 2.49. The minimum absolute atomic E-state index is 0.175. The van der Waals surface area contributed by atoms with Crippen LogP contribution in [-0.4, -0.2) is 28.8 Å². The Hall–Kier alpha value is -3.19. The summed E-state index contributed by atoms with van der Waals surface area (Å²) >= 11 is 0. The van der Waals surface area contributed by atoms with E-state index in [-0.39, 0.29) is 12.3 Å². The fourth-order valence-electron chi connectivity index (χ4n) is 3.43. The highest BCUT2D eigenvalue weighted by Gasteiger charge is 2.28. The lowest BCUT2D eigenvalue weighted by atomic mass is 9.97. The summed E-state index contributed by atoms with van der Waals surface area (Å²) in [5, 5.41) is 4.24. The van der Waals surface area contributed by atoms with Gasteiger partial charge in [0.15, 0.2) is 6.10 Å². The van der Waals surface area contributed by atoms with Gasteiger partial charge in [0.1, 0.15) is 24.4 Å². The van der Waals surface area contributed by atoms with Gasteiger partial charge in [-0.15, -0.1) is 0 Å².